The molecule has 5 bridgehead atoms. The van der Waals surface area contributed by atoms with Crippen molar-refractivity contribution in [2.75, 3.05) is 11.9 Å². The molecule has 26 heavy (non-hydrogen) atoms. The molecule has 1 spiro atoms. The van der Waals surface area contributed by atoms with E-state index in [0.717, 1.165) is 28.2 Å². The number of fused-ring (bicyclic) bond motifs is 2. The Morgan fingerprint density at radius 1 is 1.23 bits per heavy atom. The first-order valence-corrected chi connectivity index (χ1v) is 11.4. The molecule has 5 heterocycles. The quantitative estimate of drug-likeness (QED) is 0.644. The number of piperidine rings is 4. The van der Waals surface area contributed by atoms with E-state index in [1.807, 2.05) is 0 Å². The van der Waals surface area contributed by atoms with Crippen LogP contribution in [0.2, 0.25) is 0 Å². The number of aliphatic hydroxyl groups excluding tert-OH is 2. The monoisotopic (exact) mass is 482 g/mol. The van der Waals surface area contributed by atoms with Crippen molar-refractivity contribution in [1.29, 1.82) is 0 Å². The minimum Gasteiger partial charge on any atom is -0.392 e. The molecule has 6 aliphatic rings. The Labute approximate surface area is 170 Å². The van der Waals surface area contributed by atoms with Gasteiger partial charge < -0.3 is 15.1 Å². The van der Waals surface area contributed by atoms with Crippen LogP contribution in [0.3, 0.4) is 0 Å². The minimum atomic E-state index is -0.347. The topological polar surface area (TPSA) is 46.9 Å². The number of benzene rings is 1. The highest BCUT2D eigenvalue weighted by atomic mass is 79.9. The number of anilines is 1. The zero-order chi connectivity index (χ0) is 18.1. The highest BCUT2D eigenvalue weighted by molar-refractivity contribution is 9.11. The maximum Gasteiger partial charge on any atom is 0.111 e. The molecule has 5 aliphatic heterocycles. The molecule has 0 radical (unpaired) electrons. The molecule has 7 rings (SSSR count). The predicted octanol–water partition coefficient (Wildman–Crippen LogP) is 3.08. The normalized spacial score (nSPS) is 52.5. The summed E-state index contributed by atoms with van der Waals surface area (Å²) in [5, 5.41) is 22.9. The van der Waals surface area contributed by atoms with Gasteiger partial charge in [0.1, 0.15) is 6.23 Å². The van der Waals surface area contributed by atoms with Crippen molar-refractivity contribution in [1.82, 2.24) is 4.90 Å². The first-order chi connectivity index (χ1) is 12.4. The zero-order valence-corrected chi connectivity index (χ0v) is 18.1. The van der Waals surface area contributed by atoms with Gasteiger partial charge in [-0.15, -0.1) is 0 Å². The van der Waals surface area contributed by atoms with Gasteiger partial charge in [0.05, 0.1) is 17.8 Å². The van der Waals surface area contributed by atoms with E-state index in [0.29, 0.717) is 29.8 Å². The molecule has 10 atom stereocenters. The van der Waals surface area contributed by atoms with Crippen LogP contribution in [0.1, 0.15) is 31.7 Å². The Hall–Kier alpha value is -0.140. The first kappa shape index (κ1) is 16.8. The molecular weight excluding hydrogens is 460 g/mol. The van der Waals surface area contributed by atoms with Crippen LogP contribution in [0, 0.1) is 17.8 Å². The van der Waals surface area contributed by atoms with Gasteiger partial charge in [0, 0.05) is 45.3 Å². The van der Waals surface area contributed by atoms with E-state index in [4.69, 9.17) is 0 Å². The Morgan fingerprint density at radius 3 is 2.73 bits per heavy atom. The average Bonchev–Trinajstić information content (AvgIpc) is 2.96. The molecule has 0 aromatic heterocycles. The molecule has 4 nitrogen and oxygen atoms in total. The summed E-state index contributed by atoms with van der Waals surface area (Å²) in [4.78, 5) is 4.80. The SMILES string of the molecule is CC[C@H]1[C@@H]2C[C@H]3[C@@H]4N(C)c5c(Br)cc(Br)cc5[C@@]45C[C@@H]([C@H]2[C@H]5O)N3[C@@H]1O. The van der Waals surface area contributed by atoms with Crippen LogP contribution in [0.5, 0.6) is 0 Å². The largest absolute Gasteiger partial charge is 0.392 e. The third-order valence-electron chi connectivity index (χ3n) is 8.56. The lowest BCUT2D eigenvalue weighted by Crippen LogP contribution is -2.72. The van der Waals surface area contributed by atoms with Crippen molar-refractivity contribution in [3.63, 3.8) is 0 Å². The van der Waals surface area contributed by atoms with Crippen molar-refractivity contribution in [2.45, 2.75) is 62.1 Å². The van der Waals surface area contributed by atoms with Crippen molar-refractivity contribution in [3.8, 4) is 0 Å². The summed E-state index contributed by atoms with van der Waals surface area (Å²) in [7, 11) is 2.17. The van der Waals surface area contributed by atoms with Crippen molar-refractivity contribution >= 4 is 37.5 Å². The molecule has 6 heteroatoms. The third kappa shape index (κ3) is 1.58. The van der Waals surface area contributed by atoms with E-state index in [-0.39, 0.29) is 23.8 Å². The summed E-state index contributed by atoms with van der Waals surface area (Å²) in [5.74, 6) is 1.04. The van der Waals surface area contributed by atoms with Crippen LogP contribution >= 0.6 is 31.9 Å². The molecule has 1 saturated carbocycles. The predicted molar refractivity (Wildman–Crippen MR) is 107 cm³/mol. The van der Waals surface area contributed by atoms with Gasteiger partial charge in [-0.2, -0.15) is 0 Å². The standard InChI is InChI=1S/C20H24Br2N2O2/c1-3-9-10-6-13-17-20(7-14(15(10)18(20)25)24(13)19(9)26)11-4-8(21)5-12(22)16(11)23(17)2/h4-5,9-10,13-15,17-19,25-26H,3,6-7H2,1-2H3/t9-,10-,13-,14-,15-,17-,18+,19+,20-/m0/s1. The number of hydrogen-bond donors (Lipinski definition) is 2. The summed E-state index contributed by atoms with van der Waals surface area (Å²) in [6.07, 6.45) is 2.39. The fraction of sp³-hybridized carbons (Fsp3) is 0.700. The van der Waals surface area contributed by atoms with Crippen LogP contribution in [0.4, 0.5) is 5.69 Å². The van der Waals surface area contributed by atoms with E-state index in [2.05, 4.69) is 67.8 Å². The molecule has 5 fully saturated rings. The maximum atomic E-state index is 11.7. The fourth-order valence-electron chi connectivity index (χ4n) is 7.97. The Kier molecular flexibility index (Phi) is 3.27. The number of likely N-dealkylation sites (N-methyl/N-ethyl adjacent to an activating group) is 1. The first-order valence-electron chi connectivity index (χ1n) is 9.77. The summed E-state index contributed by atoms with van der Waals surface area (Å²) in [6.45, 7) is 2.19. The molecule has 1 aromatic rings. The van der Waals surface area contributed by atoms with Gasteiger partial charge in [-0.3, -0.25) is 4.90 Å². The highest BCUT2D eigenvalue weighted by Gasteiger charge is 2.76. The summed E-state index contributed by atoms with van der Waals surface area (Å²) >= 11 is 7.44. The molecule has 1 aromatic carbocycles. The van der Waals surface area contributed by atoms with E-state index in [9.17, 15) is 10.2 Å². The molecule has 140 valence electrons. The van der Waals surface area contributed by atoms with E-state index in [1.54, 1.807) is 0 Å². The minimum absolute atomic E-state index is 0.204. The zero-order valence-electron chi connectivity index (χ0n) is 14.9. The maximum absolute atomic E-state index is 11.7. The van der Waals surface area contributed by atoms with Crippen LogP contribution in [0.15, 0.2) is 21.1 Å². The molecular formula is C20H24Br2N2O2. The summed E-state index contributed by atoms with van der Waals surface area (Å²) in [6, 6.07) is 5.22. The lowest BCUT2D eigenvalue weighted by atomic mass is 9.62. The Balaban J connectivity index is 1.61. The number of aliphatic hydroxyl groups is 2. The smallest absolute Gasteiger partial charge is 0.111 e. The summed E-state index contributed by atoms with van der Waals surface area (Å²) in [5.41, 5.74) is 2.31. The van der Waals surface area contributed by atoms with Crippen LogP contribution in [0.25, 0.3) is 0 Å². The van der Waals surface area contributed by atoms with Crippen molar-refractivity contribution in [3.05, 3.63) is 26.6 Å². The lowest BCUT2D eigenvalue weighted by molar-refractivity contribution is -0.211. The fourth-order valence-corrected chi connectivity index (χ4v) is 9.48. The van der Waals surface area contributed by atoms with Gasteiger partial charge >= 0.3 is 0 Å². The lowest BCUT2D eigenvalue weighted by Gasteiger charge is -2.62. The second kappa shape index (κ2) is 5.07. The molecule has 4 saturated heterocycles. The second-order valence-electron chi connectivity index (χ2n) is 9.07. The molecule has 1 unspecified atom stereocenters. The van der Waals surface area contributed by atoms with Crippen LogP contribution in [-0.2, 0) is 5.41 Å². The van der Waals surface area contributed by atoms with Gasteiger partial charge in [0.15, 0.2) is 0 Å². The van der Waals surface area contributed by atoms with E-state index in [1.165, 1.54) is 11.3 Å². The average molecular weight is 484 g/mol. The van der Waals surface area contributed by atoms with Gasteiger partial charge in [0.2, 0.25) is 0 Å². The number of nitrogens with zero attached hydrogens (tertiary/aromatic N) is 2. The second-order valence-corrected chi connectivity index (χ2v) is 10.8. The highest BCUT2D eigenvalue weighted by Crippen LogP contribution is 2.69. The van der Waals surface area contributed by atoms with E-state index < -0.39 is 0 Å². The van der Waals surface area contributed by atoms with Crippen molar-refractivity contribution in [2.24, 2.45) is 17.8 Å². The van der Waals surface area contributed by atoms with Crippen LogP contribution in [-0.4, -0.2) is 52.6 Å². The molecule has 1 aliphatic carbocycles. The molecule has 2 N–H and O–H groups in total. The number of hydrogen-bond acceptors (Lipinski definition) is 4. The third-order valence-corrected chi connectivity index (χ3v) is 9.62. The van der Waals surface area contributed by atoms with Gasteiger partial charge in [-0.05, 0) is 58.8 Å². The van der Waals surface area contributed by atoms with Gasteiger partial charge in [-0.1, -0.05) is 22.9 Å². The van der Waals surface area contributed by atoms with Gasteiger partial charge in [0.25, 0.3) is 0 Å². The molecule has 0 amide bonds. The Morgan fingerprint density at radius 2 is 2.00 bits per heavy atom. The Bertz CT molecular complexity index is 819. The van der Waals surface area contributed by atoms with Gasteiger partial charge in [-0.25, -0.2) is 0 Å². The van der Waals surface area contributed by atoms with Crippen LogP contribution < -0.4 is 4.90 Å². The van der Waals surface area contributed by atoms with Crippen molar-refractivity contribution < 1.29 is 10.2 Å². The number of rotatable bonds is 1. The van der Waals surface area contributed by atoms with E-state index >= 15 is 0 Å². The summed E-state index contributed by atoms with van der Waals surface area (Å²) < 4.78 is 2.15. The number of halogens is 2.